The molecular weight excluding hydrogens is 144 g/mol. The maximum Gasteiger partial charge on any atom is 0.234 e. The molecule has 4 nitrogen and oxygen atoms in total. The van der Waals surface area contributed by atoms with Crippen LogP contribution in [0.5, 0.6) is 0 Å². The molecule has 0 fully saturated rings. The third kappa shape index (κ3) is 5.22. The van der Waals surface area contributed by atoms with Gasteiger partial charge in [-0.15, -0.1) is 0 Å². The van der Waals surface area contributed by atoms with Crippen molar-refractivity contribution in [3.05, 3.63) is 0 Å². The molecule has 0 amide bonds. The summed E-state index contributed by atoms with van der Waals surface area (Å²) in [6, 6.07) is 0. The van der Waals surface area contributed by atoms with Crippen molar-refractivity contribution in [2.24, 2.45) is 15.9 Å². The molecule has 0 unspecified atom stereocenters. The van der Waals surface area contributed by atoms with Gasteiger partial charge in [0.15, 0.2) is 0 Å². The highest BCUT2D eigenvalue weighted by Gasteiger charge is 2.02. The maximum atomic E-state index is 9.70. The molecule has 0 rings (SSSR count). The van der Waals surface area contributed by atoms with Gasteiger partial charge in [-0.1, -0.05) is 6.92 Å². The largest absolute Gasteiger partial charge is 0.234 e. The lowest BCUT2D eigenvalue weighted by Gasteiger charge is -2.04. The Kier molecular flexibility index (Phi) is 6.10. The molecule has 0 heterocycles. The van der Waals surface area contributed by atoms with E-state index in [1.54, 1.807) is 0 Å². The van der Waals surface area contributed by atoms with Crippen molar-refractivity contribution in [2.45, 2.75) is 13.3 Å². The molecule has 0 spiro atoms. The first kappa shape index (κ1) is 9.76. The average Bonchev–Trinajstić information content (AvgIpc) is 2.05. The fourth-order valence-corrected chi connectivity index (χ4v) is 0.649. The summed E-state index contributed by atoms with van der Waals surface area (Å²) in [6.45, 7) is 2.74. The molecule has 0 radical (unpaired) electrons. The summed E-state index contributed by atoms with van der Waals surface area (Å²) in [4.78, 5) is 26.2. The molecule has 0 aliphatic carbocycles. The van der Waals surface area contributed by atoms with Gasteiger partial charge in [0.1, 0.15) is 0 Å². The third-order valence-corrected chi connectivity index (χ3v) is 1.41. The molecule has 11 heavy (non-hydrogen) atoms. The smallest absolute Gasteiger partial charge is 0.211 e. The van der Waals surface area contributed by atoms with E-state index in [1.807, 2.05) is 6.92 Å². The number of isocyanates is 2. The second-order valence-electron chi connectivity index (χ2n) is 2.14. The van der Waals surface area contributed by atoms with Crippen LogP contribution in [0.2, 0.25) is 0 Å². The van der Waals surface area contributed by atoms with Crippen molar-refractivity contribution < 1.29 is 9.59 Å². The Morgan fingerprint density at radius 1 is 1.18 bits per heavy atom. The van der Waals surface area contributed by atoms with Gasteiger partial charge in [-0.25, -0.2) is 19.6 Å². The molecule has 60 valence electrons. The SMILES string of the molecule is CCC(CN=C=O)CN=C=O. The Morgan fingerprint density at radius 2 is 1.64 bits per heavy atom. The van der Waals surface area contributed by atoms with Crippen LogP contribution in [0.15, 0.2) is 9.98 Å². The van der Waals surface area contributed by atoms with E-state index in [0.717, 1.165) is 6.42 Å². The van der Waals surface area contributed by atoms with Gasteiger partial charge < -0.3 is 0 Å². The highest BCUT2D eigenvalue weighted by atomic mass is 16.1. The number of hydrogen-bond donors (Lipinski definition) is 0. The van der Waals surface area contributed by atoms with E-state index in [9.17, 15) is 9.59 Å². The van der Waals surface area contributed by atoms with Gasteiger partial charge in [-0.3, -0.25) is 0 Å². The predicted octanol–water partition coefficient (Wildman–Crippen LogP) is 0.684. The summed E-state index contributed by atoms with van der Waals surface area (Å²) in [6.07, 6.45) is 3.73. The first-order valence-electron chi connectivity index (χ1n) is 3.42. The standard InChI is InChI=1S/C7H10N2O2/c1-2-7(3-8-5-10)4-9-6-11/h7H,2-4H2,1H3. The van der Waals surface area contributed by atoms with Gasteiger partial charge in [0.05, 0.1) is 13.1 Å². The minimum Gasteiger partial charge on any atom is -0.211 e. The second-order valence-corrected chi connectivity index (χ2v) is 2.14. The van der Waals surface area contributed by atoms with Crippen LogP contribution in [0.25, 0.3) is 0 Å². The summed E-state index contributed by atoms with van der Waals surface area (Å²) in [5.41, 5.74) is 0. The molecule has 0 aromatic carbocycles. The van der Waals surface area contributed by atoms with Crippen molar-refractivity contribution in [3.8, 4) is 0 Å². The topological polar surface area (TPSA) is 58.9 Å². The number of nitrogens with zero attached hydrogens (tertiary/aromatic N) is 2. The van der Waals surface area contributed by atoms with E-state index in [4.69, 9.17) is 0 Å². The fraction of sp³-hybridized carbons (Fsp3) is 0.714. The summed E-state index contributed by atoms with van der Waals surface area (Å²) < 4.78 is 0. The Balaban J connectivity index is 3.74. The van der Waals surface area contributed by atoms with Gasteiger partial charge in [-0.2, -0.15) is 0 Å². The van der Waals surface area contributed by atoms with Crippen LogP contribution in [0.1, 0.15) is 13.3 Å². The predicted molar refractivity (Wildman–Crippen MR) is 39.8 cm³/mol. The van der Waals surface area contributed by atoms with E-state index in [0.29, 0.717) is 13.1 Å². The van der Waals surface area contributed by atoms with Crippen LogP contribution in [0, 0.1) is 5.92 Å². The highest BCUT2D eigenvalue weighted by Crippen LogP contribution is 2.02. The summed E-state index contributed by atoms with van der Waals surface area (Å²) in [5, 5.41) is 0. The van der Waals surface area contributed by atoms with Gasteiger partial charge in [-0.05, 0) is 12.3 Å². The Hall–Kier alpha value is -1.24. The number of aliphatic imine (C=N–C) groups is 2. The Labute approximate surface area is 65.0 Å². The Bertz CT molecular complexity index is 171. The van der Waals surface area contributed by atoms with Crippen molar-refractivity contribution in [2.75, 3.05) is 13.1 Å². The Morgan fingerprint density at radius 3 is 1.91 bits per heavy atom. The van der Waals surface area contributed by atoms with E-state index in [1.165, 1.54) is 12.2 Å². The van der Waals surface area contributed by atoms with Crippen molar-refractivity contribution in [3.63, 3.8) is 0 Å². The van der Waals surface area contributed by atoms with Crippen molar-refractivity contribution >= 4 is 12.2 Å². The van der Waals surface area contributed by atoms with Crippen molar-refractivity contribution in [1.29, 1.82) is 0 Å². The second kappa shape index (κ2) is 6.87. The van der Waals surface area contributed by atoms with Gasteiger partial charge in [0, 0.05) is 0 Å². The van der Waals surface area contributed by atoms with E-state index >= 15 is 0 Å². The van der Waals surface area contributed by atoms with E-state index in [-0.39, 0.29) is 5.92 Å². The first-order chi connectivity index (χ1) is 5.35. The van der Waals surface area contributed by atoms with Crippen LogP contribution < -0.4 is 0 Å². The van der Waals surface area contributed by atoms with Crippen LogP contribution in [0.3, 0.4) is 0 Å². The van der Waals surface area contributed by atoms with Crippen LogP contribution in [0.4, 0.5) is 0 Å². The fourth-order valence-electron chi connectivity index (χ4n) is 0.649. The summed E-state index contributed by atoms with van der Waals surface area (Å²) in [7, 11) is 0. The number of hydrogen-bond acceptors (Lipinski definition) is 4. The lowest BCUT2D eigenvalue weighted by atomic mass is 10.1. The molecule has 0 aliphatic rings. The lowest BCUT2D eigenvalue weighted by Crippen LogP contribution is -2.06. The molecule has 0 saturated carbocycles. The maximum absolute atomic E-state index is 9.70. The van der Waals surface area contributed by atoms with E-state index in [2.05, 4.69) is 9.98 Å². The molecular formula is C7H10N2O2. The van der Waals surface area contributed by atoms with Crippen LogP contribution in [-0.4, -0.2) is 25.2 Å². The zero-order valence-corrected chi connectivity index (χ0v) is 6.41. The molecule has 4 heteroatoms. The number of carbonyl (C=O) groups excluding carboxylic acids is 2. The highest BCUT2D eigenvalue weighted by molar-refractivity contribution is 5.33. The summed E-state index contributed by atoms with van der Waals surface area (Å²) in [5.74, 6) is 0.165. The average molecular weight is 154 g/mol. The molecule has 0 aliphatic heterocycles. The van der Waals surface area contributed by atoms with Crippen LogP contribution in [-0.2, 0) is 9.59 Å². The van der Waals surface area contributed by atoms with Crippen LogP contribution >= 0.6 is 0 Å². The lowest BCUT2D eigenvalue weighted by molar-refractivity contribution is 0.517. The first-order valence-corrected chi connectivity index (χ1v) is 3.42. The molecule has 0 N–H and O–H groups in total. The molecule has 0 aromatic rings. The third-order valence-electron chi connectivity index (χ3n) is 1.41. The van der Waals surface area contributed by atoms with Crippen molar-refractivity contribution in [1.82, 2.24) is 0 Å². The molecule has 0 bridgehead atoms. The van der Waals surface area contributed by atoms with E-state index < -0.39 is 0 Å². The normalized spacial score (nSPS) is 11.0. The molecule has 0 aromatic heterocycles. The number of rotatable bonds is 5. The minimum atomic E-state index is 0.165. The zero-order chi connectivity index (χ0) is 8.53. The van der Waals surface area contributed by atoms with Gasteiger partial charge in [0.25, 0.3) is 0 Å². The monoisotopic (exact) mass is 154 g/mol. The molecule has 0 saturated heterocycles. The zero-order valence-electron chi connectivity index (χ0n) is 6.41. The molecule has 0 atom stereocenters. The van der Waals surface area contributed by atoms with Gasteiger partial charge in [0.2, 0.25) is 12.2 Å². The minimum absolute atomic E-state index is 0.165. The summed E-state index contributed by atoms with van der Waals surface area (Å²) >= 11 is 0. The van der Waals surface area contributed by atoms with Gasteiger partial charge >= 0.3 is 0 Å². The quantitative estimate of drug-likeness (QED) is 0.432.